The molecule has 1 aliphatic rings. The van der Waals surface area contributed by atoms with Gasteiger partial charge in [0.2, 0.25) is 11.8 Å². The van der Waals surface area contributed by atoms with E-state index in [9.17, 15) is 14.4 Å². The average molecular weight is 474 g/mol. The van der Waals surface area contributed by atoms with Crippen LogP contribution in [0.4, 0.5) is 5.69 Å². The summed E-state index contributed by atoms with van der Waals surface area (Å²) in [7, 11) is 1.67. The lowest BCUT2D eigenvalue weighted by Crippen LogP contribution is -2.39. The summed E-state index contributed by atoms with van der Waals surface area (Å²) in [5, 5.41) is 2.64. The molecule has 0 unspecified atom stereocenters. The summed E-state index contributed by atoms with van der Waals surface area (Å²) in [6.45, 7) is 1.37. The van der Waals surface area contributed by atoms with Crippen molar-refractivity contribution in [3.63, 3.8) is 0 Å². The summed E-state index contributed by atoms with van der Waals surface area (Å²) in [6, 6.07) is 14.3. The van der Waals surface area contributed by atoms with Crippen LogP contribution in [0.25, 0.3) is 0 Å². The van der Waals surface area contributed by atoms with Crippen molar-refractivity contribution in [1.82, 2.24) is 10.2 Å². The summed E-state index contributed by atoms with van der Waals surface area (Å²) in [6.07, 6.45) is 1.41. The normalized spacial score (nSPS) is 13.3. The number of rotatable bonds is 8. The van der Waals surface area contributed by atoms with Gasteiger partial charge >= 0.3 is 0 Å². The number of nitrogens with one attached hydrogen (secondary N) is 1. The van der Waals surface area contributed by atoms with E-state index in [1.54, 1.807) is 36.2 Å². The van der Waals surface area contributed by atoms with Crippen molar-refractivity contribution >= 4 is 39.3 Å². The number of anilines is 1. The Morgan fingerprint density at radius 3 is 2.47 bits per heavy atom. The van der Waals surface area contributed by atoms with Crippen LogP contribution in [-0.4, -0.2) is 55.9 Å². The minimum Gasteiger partial charge on any atom is -0.492 e. The van der Waals surface area contributed by atoms with Gasteiger partial charge in [0, 0.05) is 35.7 Å². The molecule has 0 radical (unpaired) electrons. The van der Waals surface area contributed by atoms with Gasteiger partial charge in [-0.15, -0.1) is 0 Å². The number of carbonyl (C=O) groups excluding carboxylic acids is 3. The lowest BCUT2D eigenvalue weighted by atomic mass is 10.2. The molecule has 2 aromatic rings. The van der Waals surface area contributed by atoms with Gasteiger partial charge in [0.25, 0.3) is 5.91 Å². The molecule has 0 saturated carbocycles. The van der Waals surface area contributed by atoms with E-state index in [0.717, 1.165) is 22.3 Å². The summed E-state index contributed by atoms with van der Waals surface area (Å²) < 4.78 is 6.58. The summed E-state index contributed by atoms with van der Waals surface area (Å²) in [5.74, 6) is 0.292. The van der Waals surface area contributed by atoms with Gasteiger partial charge in [-0.05, 0) is 55.0 Å². The van der Waals surface area contributed by atoms with E-state index in [2.05, 4.69) is 21.2 Å². The SMILES string of the molecule is CN(CCOc1ccc(Br)cc1)C(=O)CNC(=O)c1ccc(N2CCCC2=O)cc1. The molecule has 1 saturated heterocycles. The average Bonchev–Trinajstić information content (AvgIpc) is 3.19. The molecule has 1 N–H and O–H groups in total. The van der Waals surface area contributed by atoms with Crippen molar-refractivity contribution < 1.29 is 19.1 Å². The van der Waals surface area contributed by atoms with Crippen molar-refractivity contribution in [1.29, 1.82) is 0 Å². The van der Waals surface area contributed by atoms with Gasteiger partial charge in [0.1, 0.15) is 12.4 Å². The number of hydrogen-bond donors (Lipinski definition) is 1. The smallest absolute Gasteiger partial charge is 0.251 e. The number of benzene rings is 2. The standard InChI is InChI=1S/C22H24BrN3O4/c1-25(13-14-30-19-10-6-17(23)7-11-19)21(28)15-24-22(29)16-4-8-18(9-5-16)26-12-2-3-20(26)27/h4-11H,2-3,12-15H2,1H3,(H,24,29). The van der Waals surface area contributed by atoms with E-state index >= 15 is 0 Å². The van der Waals surface area contributed by atoms with Crippen molar-refractivity contribution in [2.24, 2.45) is 0 Å². The molecule has 2 aromatic carbocycles. The van der Waals surface area contributed by atoms with Crippen molar-refractivity contribution in [2.45, 2.75) is 12.8 Å². The molecule has 0 atom stereocenters. The summed E-state index contributed by atoms with van der Waals surface area (Å²) >= 11 is 3.36. The quantitative estimate of drug-likeness (QED) is 0.639. The van der Waals surface area contributed by atoms with Gasteiger partial charge in [-0.25, -0.2) is 0 Å². The third-order valence-corrected chi connectivity index (χ3v) is 5.38. The van der Waals surface area contributed by atoms with E-state index in [0.29, 0.717) is 31.7 Å². The van der Waals surface area contributed by atoms with Crippen LogP contribution < -0.4 is 15.0 Å². The molecular formula is C22H24BrN3O4. The lowest BCUT2D eigenvalue weighted by molar-refractivity contribution is -0.129. The molecule has 0 aliphatic carbocycles. The predicted molar refractivity (Wildman–Crippen MR) is 118 cm³/mol. The van der Waals surface area contributed by atoms with Gasteiger partial charge in [-0.2, -0.15) is 0 Å². The summed E-state index contributed by atoms with van der Waals surface area (Å²) in [4.78, 5) is 39.6. The van der Waals surface area contributed by atoms with E-state index in [-0.39, 0.29) is 24.3 Å². The highest BCUT2D eigenvalue weighted by atomic mass is 79.9. The first kappa shape index (κ1) is 21.8. The van der Waals surface area contributed by atoms with Gasteiger partial charge in [-0.3, -0.25) is 14.4 Å². The second-order valence-corrected chi connectivity index (χ2v) is 7.91. The van der Waals surface area contributed by atoms with Gasteiger partial charge < -0.3 is 19.9 Å². The Hall–Kier alpha value is -2.87. The monoisotopic (exact) mass is 473 g/mol. The number of ether oxygens (including phenoxy) is 1. The van der Waals surface area contributed by atoms with Crippen LogP contribution in [0.3, 0.4) is 0 Å². The van der Waals surface area contributed by atoms with Crippen LogP contribution in [0.5, 0.6) is 5.75 Å². The maximum absolute atomic E-state index is 12.3. The minimum absolute atomic E-state index is 0.0972. The molecule has 7 nitrogen and oxygen atoms in total. The molecule has 1 fully saturated rings. The van der Waals surface area contributed by atoms with E-state index < -0.39 is 0 Å². The van der Waals surface area contributed by atoms with Crippen molar-refractivity contribution in [3.8, 4) is 5.75 Å². The minimum atomic E-state index is -0.331. The highest BCUT2D eigenvalue weighted by Crippen LogP contribution is 2.21. The molecule has 158 valence electrons. The number of carbonyl (C=O) groups is 3. The van der Waals surface area contributed by atoms with E-state index in [1.807, 2.05) is 24.3 Å². The Morgan fingerprint density at radius 2 is 1.83 bits per heavy atom. The highest BCUT2D eigenvalue weighted by molar-refractivity contribution is 9.10. The van der Waals surface area contributed by atoms with Crippen LogP contribution in [0.1, 0.15) is 23.2 Å². The molecule has 8 heteroatoms. The van der Waals surface area contributed by atoms with Gasteiger partial charge in [-0.1, -0.05) is 15.9 Å². The Balaban J connectivity index is 1.41. The Morgan fingerprint density at radius 1 is 1.13 bits per heavy atom. The molecule has 1 aliphatic heterocycles. The van der Waals surface area contributed by atoms with Crippen LogP contribution in [0, 0.1) is 0 Å². The Labute approximate surface area is 184 Å². The van der Waals surface area contributed by atoms with Gasteiger partial charge in [0.05, 0.1) is 13.1 Å². The highest BCUT2D eigenvalue weighted by Gasteiger charge is 2.21. The third kappa shape index (κ3) is 5.82. The number of hydrogen-bond acceptors (Lipinski definition) is 4. The molecule has 3 amide bonds. The number of amides is 3. The second-order valence-electron chi connectivity index (χ2n) is 7.00. The van der Waals surface area contributed by atoms with Crippen molar-refractivity contribution in [3.05, 3.63) is 58.6 Å². The fourth-order valence-corrected chi connectivity index (χ4v) is 3.33. The Bertz CT molecular complexity index is 900. The molecular weight excluding hydrogens is 450 g/mol. The molecule has 0 bridgehead atoms. The second kappa shape index (κ2) is 10.2. The maximum atomic E-state index is 12.3. The zero-order valence-corrected chi connectivity index (χ0v) is 18.4. The topological polar surface area (TPSA) is 79.0 Å². The first-order valence-corrected chi connectivity index (χ1v) is 10.5. The maximum Gasteiger partial charge on any atom is 0.251 e. The zero-order chi connectivity index (χ0) is 21.5. The number of halogens is 1. The van der Waals surface area contributed by atoms with Gasteiger partial charge in [0.15, 0.2) is 0 Å². The van der Waals surface area contributed by atoms with Crippen molar-refractivity contribution in [2.75, 3.05) is 38.2 Å². The predicted octanol–water partition coefficient (Wildman–Crippen LogP) is 2.84. The first-order valence-electron chi connectivity index (χ1n) is 9.75. The lowest BCUT2D eigenvalue weighted by Gasteiger charge is -2.18. The van der Waals surface area contributed by atoms with Crippen LogP contribution in [0.2, 0.25) is 0 Å². The third-order valence-electron chi connectivity index (χ3n) is 4.85. The van der Waals surface area contributed by atoms with E-state index in [1.165, 1.54) is 4.90 Å². The first-order chi connectivity index (χ1) is 14.4. The Kier molecular flexibility index (Phi) is 7.46. The van der Waals surface area contributed by atoms with Crippen LogP contribution in [0.15, 0.2) is 53.0 Å². The number of nitrogens with zero attached hydrogens (tertiary/aromatic N) is 2. The fraction of sp³-hybridized carbons (Fsp3) is 0.318. The number of likely N-dealkylation sites (N-methyl/N-ethyl adjacent to an activating group) is 1. The van der Waals surface area contributed by atoms with E-state index in [4.69, 9.17) is 4.74 Å². The molecule has 30 heavy (non-hydrogen) atoms. The van der Waals surface area contributed by atoms with Crippen LogP contribution in [-0.2, 0) is 9.59 Å². The fourth-order valence-electron chi connectivity index (χ4n) is 3.06. The molecule has 0 aromatic heterocycles. The molecule has 0 spiro atoms. The summed E-state index contributed by atoms with van der Waals surface area (Å²) in [5.41, 5.74) is 1.23. The zero-order valence-electron chi connectivity index (χ0n) is 16.8. The van der Waals surface area contributed by atoms with Crippen LogP contribution >= 0.6 is 15.9 Å². The molecule has 1 heterocycles. The molecule has 3 rings (SSSR count). The largest absolute Gasteiger partial charge is 0.492 e.